The maximum Gasteiger partial charge on any atom is 0.236 e. The molecule has 0 saturated heterocycles. The zero-order valence-electron chi connectivity index (χ0n) is 11.0. The van der Waals surface area contributed by atoms with Gasteiger partial charge >= 0.3 is 0 Å². The number of carbonyl (C=O) groups is 1. The van der Waals surface area contributed by atoms with E-state index in [-0.39, 0.29) is 18.0 Å². The maximum atomic E-state index is 11.5. The summed E-state index contributed by atoms with van der Waals surface area (Å²) in [5.41, 5.74) is 8.04. The number of anilines is 1. The van der Waals surface area contributed by atoms with E-state index in [1.165, 1.54) is 11.3 Å². The van der Waals surface area contributed by atoms with Crippen LogP contribution in [0.25, 0.3) is 0 Å². The van der Waals surface area contributed by atoms with Crippen molar-refractivity contribution in [1.82, 2.24) is 5.32 Å². The molecule has 1 aromatic rings. The fourth-order valence-corrected chi connectivity index (χ4v) is 2.44. The van der Waals surface area contributed by atoms with Gasteiger partial charge in [0.25, 0.3) is 0 Å². The molecule has 0 aromatic heterocycles. The molecular formula is C14H21N3O. The molecule has 1 amide bonds. The Morgan fingerprint density at radius 2 is 2.17 bits per heavy atom. The van der Waals surface area contributed by atoms with Crippen LogP contribution in [0.1, 0.15) is 19.4 Å². The molecule has 1 atom stereocenters. The van der Waals surface area contributed by atoms with E-state index in [0.717, 1.165) is 13.0 Å². The first-order valence-corrected chi connectivity index (χ1v) is 6.46. The van der Waals surface area contributed by atoms with E-state index in [1.807, 2.05) is 19.9 Å². The molecule has 0 bridgehead atoms. The number of nitrogens with zero attached hydrogens (tertiary/aromatic N) is 1. The van der Waals surface area contributed by atoms with Crippen LogP contribution in [-0.4, -0.2) is 31.1 Å². The molecular weight excluding hydrogens is 226 g/mol. The van der Waals surface area contributed by atoms with Crippen molar-refractivity contribution in [3.63, 3.8) is 0 Å². The minimum Gasteiger partial charge on any atom is -0.369 e. The number of hydrogen-bond donors (Lipinski definition) is 2. The highest BCUT2D eigenvalue weighted by atomic mass is 16.1. The lowest BCUT2D eigenvalue weighted by Gasteiger charge is -2.26. The van der Waals surface area contributed by atoms with Gasteiger partial charge in [0.1, 0.15) is 6.04 Å². The van der Waals surface area contributed by atoms with Gasteiger partial charge < -0.3 is 16.0 Å². The number of carbonyl (C=O) groups excluding carboxylic acids is 1. The van der Waals surface area contributed by atoms with Crippen molar-refractivity contribution < 1.29 is 4.79 Å². The minimum absolute atomic E-state index is 0.250. The number of nitrogens with one attached hydrogen (secondary N) is 1. The summed E-state index contributed by atoms with van der Waals surface area (Å²) >= 11 is 0. The van der Waals surface area contributed by atoms with E-state index in [9.17, 15) is 4.79 Å². The number of fused-ring (bicyclic) bond motifs is 1. The van der Waals surface area contributed by atoms with Gasteiger partial charge in [-0.2, -0.15) is 0 Å². The molecule has 98 valence electrons. The number of amides is 1. The molecule has 4 nitrogen and oxygen atoms in total. The van der Waals surface area contributed by atoms with Crippen LogP contribution in [0.15, 0.2) is 24.3 Å². The molecule has 2 rings (SSSR count). The highest BCUT2D eigenvalue weighted by Crippen LogP contribution is 2.27. The van der Waals surface area contributed by atoms with Gasteiger partial charge in [-0.1, -0.05) is 32.0 Å². The summed E-state index contributed by atoms with van der Waals surface area (Å²) < 4.78 is 0. The fourth-order valence-electron chi connectivity index (χ4n) is 2.44. The average molecular weight is 247 g/mol. The number of hydrogen-bond acceptors (Lipinski definition) is 3. The summed E-state index contributed by atoms with van der Waals surface area (Å²) in [6.45, 7) is 5.65. The predicted octanol–water partition coefficient (Wildman–Crippen LogP) is 0.901. The molecule has 0 saturated carbocycles. The molecule has 1 aromatic carbocycles. The van der Waals surface area contributed by atoms with E-state index in [1.54, 1.807) is 0 Å². The van der Waals surface area contributed by atoms with Crippen LogP contribution in [0.2, 0.25) is 0 Å². The van der Waals surface area contributed by atoms with E-state index in [0.29, 0.717) is 6.54 Å². The molecule has 0 aliphatic carbocycles. The Kier molecular flexibility index (Phi) is 3.87. The number of nitrogens with two attached hydrogens (primary N) is 1. The topological polar surface area (TPSA) is 58.4 Å². The molecule has 3 N–H and O–H groups in total. The Bertz CT molecular complexity index is 431. The Labute approximate surface area is 108 Å². The van der Waals surface area contributed by atoms with Crippen molar-refractivity contribution in [3.8, 4) is 0 Å². The average Bonchev–Trinajstić information content (AvgIpc) is 2.71. The first-order chi connectivity index (χ1) is 8.58. The van der Waals surface area contributed by atoms with Crippen LogP contribution < -0.4 is 16.0 Å². The van der Waals surface area contributed by atoms with E-state index in [4.69, 9.17) is 5.73 Å². The lowest BCUT2D eigenvalue weighted by atomic mass is 10.2. The number of benzene rings is 1. The van der Waals surface area contributed by atoms with Gasteiger partial charge in [-0.05, 0) is 18.1 Å². The highest BCUT2D eigenvalue weighted by Gasteiger charge is 2.24. The molecule has 0 fully saturated rings. The quantitative estimate of drug-likeness (QED) is 0.813. The lowest BCUT2D eigenvalue weighted by Crippen LogP contribution is -2.51. The fraction of sp³-hybridized carbons (Fsp3) is 0.500. The number of rotatable bonds is 5. The molecule has 18 heavy (non-hydrogen) atoms. The predicted molar refractivity (Wildman–Crippen MR) is 73.6 cm³/mol. The Balaban J connectivity index is 2.07. The summed E-state index contributed by atoms with van der Waals surface area (Å²) in [5.74, 6) is -0.284. The summed E-state index contributed by atoms with van der Waals surface area (Å²) in [7, 11) is 0. The smallest absolute Gasteiger partial charge is 0.236 e. The van der Waals surface area contributed by atoms with Gasteiger partial charge in [-0.3, -0.25) is 4.79 Å². The van der Waals surface area contributed by atoms with Gasteiger partial charge in [0, 0.05) is 24.8 Å². The first-order valence-electron chi connectivity index (χ1n) is 6.46. The number of primary amides is 1. The molecule has 4 heteroatoms. The standard InChI is InChI=1S/C14H21N3O/c1-10(2)16-12(14(15)18)9-17-8-7-11-5-3-4-6-13(11)17/h3-6,10,12,16H,7-9H2,1-2H3,(H2,15,18). The summed E-state index contributed by atoms with van der Waals surface area (Å²) in [6.07, 6.45) is 1.04. The second-order valence-electron chi connectivity index (χ2n) is 5.10. The Morgan fingerprint density at radius 3 is 2.83 bits per heavy atom. The van der Waals surface area contributed by atoms with Crippen molar-refractivity contribution in [1.29, 1.82) is 0 Å². The second kappa shape index (κ2) is 5.40. The monoisotopic (exact) mass is 247 g/mol. The normalized spacial score (nSPS) is 15.8. The molecule has 0 spiro atoms. The lowest BCUT2D eigenvalue weighted by molar-refractivity contribution is -0.119. The van der Waals surface area contributed by atoms with Crippen molar-refractivity contribution in [2.45, 2.75) is 32.4 Å². The van der Waals surface area contributed by atoms with Crippen molar-refractivity contribution in [2.24, 2.45) is 5.73 Å². The van der Waals surface area contributed by atoms with Crippen LogP contribution in [0.4, 0.5) is 5.69 Å². The van der Waals surface area contributed by atoms with Crippen molar-refractivity contribution in [3.05, 3.63) is 29.8 Å². The number of para-hydroxylation sites is 1. The first kappa shape index (κ1) is 12.9. The van der Waals surface area contributed by atoms with Crippen LogP contribution in [-0.2, 0) is 11.2 Å². The van der Waals surface area contributed by atoms with Gasteiger partial charge in [0.05, 0.1) is 0 Å². The maximum absolute atomic E-state index is 11.5. The van der Waals surface area contributed by atoms with Gasteiger partial charge in [-0.15, -0.1) is 0 Å². The van der Waals surface area contributed by atoms with E-state index >= 15 is 0 Å². The molecule has 1 heterocycles. The van der Waals surface area contributed by atoms with Crippen molar-refractivity contribution >= 4 is 11.6 Å². The summed E-state index contributed by atoms with van der Waals surface area (Å²) in [4.78, 5) is 13.7. The SMILES string of the molecule is CC(C)NC(CN1CCc2ccccc21)C(N)=O. The van der Waals surface area contributed by atoms with Crippen LogP contribution >= 0.6 is 0 Å². The summed E-state index contributed by atoms with van der Waals surface area (Å²) in [6, 6.07) is 8.30. The summed E-state index contributed by atoms with van der Waals surface area (Å²) in [5, 5.41) is 3.22. The van der Waals surface area contributed by atoms with Crippen LogP contribution in [0.5, 0.6) is 0 Å². The Morgan fingerprint density at radius 1 is 1.44 bits per heavy atom. The van der Waals surface area contributed by atoms with Gasteiger partial charge in [-0.25, -0.2) is 0 Å². The van der Waals surface area contributed by atoms with Gasteiger partial charge in [0.15, 0.2) is 0 Å². The van der Waals surface area contributed by atoms with E-state index in [2.05, 4.69) is 28.4 Å². The third kappa shape index (κ3) is 2.82. The van der Waals surface area contributed by atoms with Crippen molar-refractivity contribution in [2.75, 3.05) is 18.0 Å². The van der Waals surface area contributed by atoms with Crippen LogP contribution in [0, 0.1) is 0 Å². The van der Waals surface area contributed by atoms with E-state index < -0.39 is 0 Å². The minimum atomic E-state index is -0.295. The largest absolute Gasteiger partial charge is 0.369 e. The Hall–Kier alpha value is -1.55. The zero-order chi connectivity index (χ0) is 13.1. The zero-order valence-corrected chi connectivity index (χ0v) is 11.0. The third-order valence-electron chi connectivity index (χ3n) is 3.26. The molecule has 0 radical (unpaired) electrons. The molecule has 1 aliphatic heterocycles. The third-order valence-corrected chi connectivity index (χ3v) is 3.26. The highest BCUT2D eigenvalue weighted by molar-refractivity contribution is 5.81. The molecule has 1 aliphatic rings. The second-order valence-corrected chi connectivity index (χ2v) is 5.10. The molecule has 1 unspecified atom stereocenters. The van der Waals surface area contributed by atoms with Crippen LogP contribution in [0.3, 0.4) is 0 Å². The van der Waals surface area contributed by atoms with Gasteiger partial charge in [0.2, 0.25) is 5.91 Å².